The van der Waals surface area contributed by atoms with Crippen LogP contribution in [0.2, 0.25) is 0 Å². The Kier molecular flexibility index (Phi) is 5.63. The molecule has 5 rings (SSSR count). The molecule has 1 saturated carbocycles. The maximum atomic E-state index is 6.26. The number of nitrogens with one attached hydrogen (secondary N) is 1. The first-order chi connectivity index (χ1) is 15.1. The van der Waals surface area contributed by atoms with Crippen LogP contribution in [0.4, 0.5) is 0 Å². The van der Waals surface area contributed by atoms with Crippen LogP contribution < -0.4 is 5.73 Å². The lowest BCUT2D eigenvalue weighted by Gasteiger charge is -2.16. The van der Waals surface area contributed by atoms with E-state index in [1.807, 2.05) is 18.3 Å². The van der Waals surface area contributed by atoms with Gasteiger partial charge in [0.05, 0.1) is 16.7 Å². The highest BCUT2D eigenvalue weighted by Crippen LogP contribution is 2.38. The first-order valence-corrected chi connectivity index (χ1v) is 12.0. The Labute approximate surface area is 186 Å². The molecule has 2 unspecified atom stereocenters. The van der Waals surface area contributed by atoms with Gasteiger partial charge >= 0.3 is 0 Å². The fraction of sp³-hybridized carbons (Fsp3) is 0.417. The van der Waals surface area contributed by atoms with Crippen molar-refractivity contribution >= 4 is 33.8 Å². The average molecular weight is 433 g/mol. The summed E-state index contributed by atoms with van der Waals surface area (Å²) in [5, 5.41) is 1.97. The van der Waals surface area contributed by atoms with Gasteiger partial charge in [0.15, 0.2) is 5.16 Å². The summed E-state index contributed by atoms with van der Waals surface area (Å²) in [5.41, 5.74) is 12.7. The molecular weight excluding hydrogens is 404 g/mol. The van der Waals surface area contributed by atoms with Crippen LogP contribution in [0, 0.1) is 6.92 Å². The van der Waals surface area contributed by atoms with Crippen LogP contribution in [-0.4, -0.2) is 31.0 Å². The number of rotatable bonds is 4. The van der Waals surface area contributed by atoms with Gasteiger partial charge in [-0.2, -0.15) is 0 Å². The summed E-state index contributed by atoms with van der Waals surface area (Å²) in [6.45, 7) is 4.37. The molecule has 4 aromatic heterocycles. The second kappa shape index (κ2) is 8.55. The molecule has 0 saturated heterocycles. The predicted molar refractivity (Wildman–Crippen MR) is 125 cm³/mol. The normalized spacial score (nSPS) is 19.7. The number of aromatic amines is 1. The SMILES string of the molecule is CCc1[nH]c2nc(Sc3cnc4cccnc4c3)nc(C3CCCC(N)CC3)c2c1C. The summed E-state index contributed by atoms with van der Waals surface area (Å²) >= 11 is 1.55. The van der Waals surface area contributed by atoms with Crippen molar-refractivity contribution in [1.82, 2.24) is 24.9 Å². The Morgan fingerprint density at radius 1 is 1.13 bits per heavy atom. The fourth-order valence-corrected chi connectivity index (χ4v) is 5.47. The molecule has 4 aromatic rings. The Bertz CT molecular complexity index is 1230. The molecule has 160 valence electrons. The van der Waals surface area contributed by atoms with Crippen LogP contribution in [0.3, 0.4) is 0 Å². The highest BCUT2D eigenvalue weighted by Gasteiger charge is 2.25. The van der Waals surface area contributed by atoms with Gasteiger partial charge in [-0.1, -0.05) is 13.3 Å². The maximum absolute atomic E-state index is 6.26. The molecule has 7 heteroatoms. The molecule has 1 aliphatic rings. The summed E-state index contributed by atoms with van der Waals surface area (Å²) in [6, 6.07) is 6.25. The highest BCUT2D eigenvalue weighted by molar-refractivity contribution is 7.99. The third-order valence-corrected chi connectivity index (χ3v) is 7.23. The van der Waals surface area contributed by atoms with Crippen LogP contribution in [0.15, 0.2) is 40.6 Å². The van der Waals surface area contributed by atoms with Gasteiger partial charge < -0.3 is 10.7 Å². The Balaban J connectivity index is 1.57. The molecule has 1 fully saturated rings. The number of nitrogens with two attached hydrogens (primary N) is 1. The second-order valence-corrected chi connectivity index (χ2v) is 9.52. The van der Waals surface area contributed by atoms with E-state index >= 15 is 0 Å². The first-order valence-electron chi connectivity index (χ1n) is 11.2. The molecule has 3 N–H and O–H groups in total. The smallest absolute Gasteiger partial charge is 0.194 e. The van der Waals surface area contributed by atoms with Crippen molar-refractivity contribution < 1.29 is 0 Å². The van der Waals surface area contributed by atoms with Gasteiger partial charge in [-0.25, -0.2) is 9.97 Å². The lowest BCUT2D eigenvalue weighted by atomic mass is 9.93. The zero-order valence-corrected chi connectivity index (χ0v) is 18.9. The molecule has 6 nitrogen and oxygen atoms in total. The number of pyridine rings is 2. The first kappa shape index (κ1) is 20.4. The van der Waals surface area contributed by atoms with E-state index in [-0.39, 0.29) is 0 Å². The third-order valence-electron chi connectivity index (χ3n) is 6.40. The number of hydrogen-bond acceptors (Lipinski definition) is 6. The van der Waals surface area contributed by atoms with Crippen LogP contribution in [0.5, 0.6) is 0 Å². The molecule has 31 heavy (non-hydrogen) atoms. The maximum Gasteiger partial charge on any atom is 0.194 e. The largest absolute Gasteiger partial charge is 0.343 e. The third kappa shape index (κ3) is 4.04. The summed E-state index contributed by atoms with van der Waals surface area (Å²) in [5.74, 6) is 0.425. The quantitative estimate of drug-likeness (QED) is 0.336. The van der Waals surface area contributed by atoms with E-state index in [9.17, 15) is 0 Å². The van der Waals surface area contributed by atoms with Crippen molar-refractivity contribution in [3.63, 3.8) is 0 Å². The molecule has 0 aliphatic heterocycles. The topological polar surface area (TPSA) is 93.4 Å². The summed E-state index contributed by atoms with van der Waals surface area (Å²) in [6.07, 6.45) is 10.2. The minimum absolute atomic E-state index is 0.311. The summed E-state index contributed by atoms with van der Waals surface area (Å²) < 4.78 is 0. The average Bonchev–Trinajstić information content (AvgIpc) is 2.95. The zero-order valence-electron chi connectivity index (χ0n) is 18.1. The van der Waals surface area contributed by atoms with Gasteiger partial charge in [0, 0.05) is 40.3 Å². The van der Waals surface area contributed by atoms with Crippen LogP contribution in [-0.2, 0) is 6.42 Å². The van der Waals surface area contributed by atoms with Crippen molar-refractivity contribution in [2.24, 2.45) is 5.73 Å². The molecular formula is C24H28N6S. The Morgan fingerprint density at radius 3 is 2.90 bits per heavy atom. The van der Waals surface area contributed by atoms with E-state index < -0.39 is 0 Å². The van der Waals surface area contributed by atoms with Gasteiger partial charge in [-0.05, 0) is 74.6 Å². The summed E-state index contributed by atoms with van der Waals surface area (Å²) in [7, 11) is 0. The van der Waals surface area contributed by atoms with Gasteiger partial charge in [-0.15, -0.1) is 0 Å². The van der Waals surface area contributed by atoms with Gasteiger partial charge in [0.2, 0.25) is 0 Å². The zero-order chi connectivity index (χ0) is 21.4. The molecule has 0 radical (unpaired) electrons. The van der Waals surface area contributed by atoms with Gasteiger partial charge in [0.25, 0.3) is 0 Å². The van der Waals surface area contributed by atoms with Crippen molar-refractivity contribution in [2.75, 3.05) is 0 Å². The van der Waals surface area contributed by atoms with E-state index in [0.29, 0.717) is 12.0 Å². The lowest BCUT2D eigenvalue weighted by molar-refractivity contribution is 0.560. The van der Waals surface area contributed by atoms with Crippen molar-refractivity contribution in [3.05, 3.63) is 47.5 Å². The van der Waals surface area contributed by atoms with Gasteiger partial charge in [0.1, 0.15) is 5.65 Å². The number of H-pyrrole nitrogens is 1. The van der Waals surface area contributed by atoms with E-state index in [1.165, 1.54) is 22.3 Å². The minimum Gasteiger partial charge on any atom is -0.343 e. The van der Waals surface area contributed by atoms with Crippen molar-refractivity contribution in [3.8, 4) is 0 Å². The second-order valence-electron chi connectivity index (χ2n) is 8.48. The highest BCUT2D eigenvalue weighted by atomic mass is 32.2. The molecule has 1 aliphatic carbocycles. The molecule has 0 aromatic carbocycles. The Morgan fingerprint density at radius 2 is 2.03 bits per heavy atom. The summed E-state index contributed by atoms with van der Waals surface area (Å²) in [4.78, 5) is 23.5. The predicted octanol–water partition coefficient (Wildman–Crippen LogP) is 5.30. The van der Waals surface area contributed by atoms with E-state index in [0.717, 1.165) is 65.3 Å². The Hall–Kier alpha value is -2.51. The molecule has 2 atom stereocenters. The van der Waals surface area contributed by atoms with E-state index in [4.69, 9.17) is 15.7 Å². The molecule has 4 heterocycles. The minimum atomic E-state index is 0.311. The fourth-order valence-electron chi connectivity index (χ4n) is 4.70. The van der Waals surface area contributed by atoms with Crippen LogP contribution in [0.25, 0.3) is 22.1 Å². The van der Waals surface area contributed by atoms with Crippen LogP contribution in [0.1, 0.15) is 61.9 Å². The van der Waals surface area contributed by atoms with Gasteiger partial charge in [-0.3, -0.25) is 9.97 Å². The number of nitrogens with zero attached hydrogens (tertiary/aromatic N) is 4. The number of fused-ring (bicyclic) bond motifs is 2. The van der Waals surface area contributed by atoms with Crippen molar-refractivity contribution in [2.45, 2.75) is 74.4 Å². The lowest BCUT2D eigenvalue weighted by Crippen LogP contribution is -2.18. The molecule has 0 bridgehead atoms. The van der Waals surface area contributed by atoms with E-state index in [1.54, 1.807) is 18.0 Å². The van der Waals surface area contributed by atoms with Crippen LogP contribution >= 0.6 is 11.8 Å². The van der Waals surface area contributed by atoms with E-state index in [2.05, 4.69) is 34.9 Å². The molecule has 0 spiro atoms. The standard InChI is InChI=1S/C24H28N6S/c1-3-18-14(2)21-22(15-6-4-7-16(25)10-9-15)29-24(30-23(21)28-18)31-17-12-20-19(27-13-17)8-5-11-26-20/h5,8,11-13,15-16H,3-4,6-7,9-10,25H2,1-2H3,(H,28,29,30). The molecule has 0 amide bonds. The number of aryl methyl sites for hydroxylation is 2. The number of hydrogen-bond donors (Lipinski definition) is 2. The number of aromatic nitrogens is 5. The monoisotopic (exact) mass is 432 g/mol. The van der Waals surface area contributed by atoms with Crippen molar-refractivity contribution in [1.29, 1.82) is 0 Å².